The maximum Gasteiger partial charge on any atom is 0.0550 e. The number of hydrogen-bond donors (Lipinski definition) is 0. The van der Waals surface area contributed by atoms with E-state index in [1.54, 1.807) is 0 Å². The number of ether oxygens (including phenoxy) is 1. The van der Waals surface area contributed by atoms with Crippen LogP contribution in [0.3, 0.4) is 0 Å². The molecule has 0 aliphatic rings. The van der Waals surface area contributed by atoms with Gasteiger partial charge in [-0.2, -0.15) is 0 Å². The van der Waals surface area contributed by atoms with E-state index in [0.29, 0.717) is 12.2 Å². The van der Waals surface area contributed by atoms with Crippen LogP contribution in [0, 0.1) is 0 Å². The van der Waals surface area contributed by atoms with Crippen molar-refractivity contribution < 1.29 is 4.74 Å². The van der Waals surface area contributed by atoms with E-state index in [2.05, 4.69) is 76.3 Å². The predicted molar refractivity (Wildman–Crippen MR) is 123 cm³/mol. The molecule has 1 nitrogen and oxygen atoms in total. The van der Waals surface area contributed by atoms with Gasteiger partial charge in [-0.3, -0.25) is 0 Å². The summed E-state index contributed by atoms with van der Waals surface area (Å²) in [4.78, 5) is 0. The average molecular weight is 375 g/mol. The first-order chi connectivity index (χ1) is 13.2. The number of rotatable bonds is 18. The maximum absolute atomic E-state index is 6.14. The van der Waals surface area contributed by atoms with Crippen LogP contribution in [0.1, 0.15) is 105 Å². The van der Waals surface area contributed by atoms with Crippen LogP contribution in [0.4, 0.5) is 0 Å². The molecule has 0 aromatic carbocycles. The van der Waals surface area contributed by atoms with Crippen LogP contribution in [-0.2, 0) is 4.74 Å². The van der Waals surface area contributed by atoms with Gasteiger partial charge in [0.1, 0.15) is 0 Å². The van der Waals surface area contributed by atoms with Crippen molar-refractivity contribution in [2.75, 3.05) is 0 Å². The zero-order chi connectivity index (χ0) is 20.0. The highest BCUT2D eigenvalue weighted by Gasteiger charge is 2.08. The summed E-state index contributed by atoms with van der Waals surface area (Å²) in [5, 5.41) is 0. The van der Waals surface area contributed by atoms with Gasteiger partial charge in [-0.1, -0.05) is 88.1 Å². The van der Waals surface area contributed by atoms with Gasteiger partial charge in [0.15, 0.2) is 0 Å². The lowest BCUT2D eigenvalue weighted by molar-refractivity contribution is -0.00211. The van der Waals surface area contributed by atoms with Crippen molar-refractivity contribution in [3.8, 4) is 0 Å². The first-order valence-electron chi connectivity index (χ1n) is 11.5. The molecule has 0 aliphatic carbocycles. The molecule has 0 saturated carbocycles. The van der Waals surface area contributed by atoms with E-state index in [4.69, 9.17) is 4.74 Å². The third-order valence-corrected chi connectivity index (χ3v) is 4.60. The van der Waals surface area contributed by atoms with Crippen molar-refractivity contribution in [1.29, 1.82) is 0 Å². The van der Waals surface area contributed by atoms with Crippen molar-refractivity contribution in [1.82, 2.24) is 0 Å². The molecule has 0 bridgehead atoms. The van der Waals surface area contributed by atoms with E-state index in [1.807, 2.05) is 0 Å². The van der Waals surface area contributed by atoms with Gasteiger partial charge in [-0.15, -0.1) is 0 Å². The number of hydrogen-bond acceptors (Lipinski definition) is 1. The first kappa shape index (κ1) is 25.9. The Morgan fingerprint density at radius 3 is 1.30 bits per heavy atom. The molecule has 0 aromatic rings. The second kappa shape index (κ2) is 21.2. The summed E-state index contributed by atoms with van der Waals surface area (Å²) >= 11 is 0. The quantitative estimate of drug-likeness (QED) is 0.172. The normalized spacial score (nSPS) is 15.0. The molecule has 0 rings (SSSR count). The van der Waals surface area contributed by atoms with E-state index < -0.39 is 0 Å². The second-order valence-corrected chi connectivity index (χ2v) is 7.62. The van der Waals surface area contributed by atoms with E-state index in [9.17, 15) is 0 Å². The molecule has 27 heavy (non-hydrogen) atoms. The first-order valence-corrected chi connectivity index (χ1v) is 11.5. The van der Waals surface area contributed by atoms with Gasteiger partial charge in [-0.05, 0) is 65.2 Å². The summed E-state index contributed by atoms with van der Waals surface area (Å²) < 4.78 is 6.14. The fourth-order valence-electron chi connectivity index (χ4n) is 2.95. The van der Waals surface area contributed by atoms with Gasteiger partial charge in [0.25, 0.3) is 0 Å². The van der Waals surface area contributed by atoms with Crippen molar-refractivity contribution >= 4 is 0 Å². The Balaban J connectivity index is 3.54. The molecule has 1 heteroatoms. The van der Waals surface area contributed by atoms with E-state index in [1.165, 1.54) is 77.0 Å². The Hall–Kier alpha value is -1.08. The lowest BCUT2D eigenvalue weighted by Crippen LogP contribution is -2.17. The topological polar surface area (TPSA) is 9.23 Å². The Bertz CT molecular complexity index is 364. The van der Waals surface area contributed by atoms with Gasteiger partial charge < -0.3 is 4.74 Å². The summed E-state index contributed by atoms with van der Waals surface area (Å²) in [7, 11) is 0. The lowest BCUT2D eigenvalue weighted by atomic mass is 10.1. The standard InChI is InChI=1S/C26H46O/c1-5-7-9-11-13-15-17-19-21-23-25(3)27-26(4)24-22-20-18-16-14-12-10-8-6-2/h9-16,25-26H,5-8,17-24H2,1-4H3. The fourth-order valence-corrected chi connectivity index (χ4v) is 2.95. The van der Waals surface area contributed by atoms with Crippen molar-refractivity contribution in [3.63, 3.8) is 0 Å². The van der Waals surface area contributed by atoms with Gasteiger partial charge in [-0.25, -0.2) is 0 Å². The van der Waals surface area contributed by atoms with Crippen LogP contribution in [0.5, 0.6) is 0 Å². The van der Waals surface area contributed by atoms with Gasteiger partial charge in [0.05, 0.1) is 12.2 Å². The molecule has 0 spiro atoms. The summed E-state index contributed by atoms with van der Waals surface area (Å²) in [6.45, 7) is 8.88. The molecule has 0 radical (unpaired) electrons. The molecule has 2 atom stereocenters. The number of unbranched alkanes of at least 4 members (excludes halogenated alkanes) is 6. The molecule has 0 N–H and O–H groups in total. The van der Waals surface area contributed by atoms with Crippen LogP contribution in [0.2, 0.25) is 0 Å². The number of allylic oxidation sites excluding steroid dienone is 8. The summed E-state index contributed by atoms with van der Waals surface area (Å²) in [5.74, 6) is 0. The summed E-state index contributed by atoms with van der Waals surface area (Å²) in [6, 6.07) is 0. The third-order valence-electron chi connectivity index (χ3n) is 4.60. The highest BCUT2D eigenvalue weighted by atomic mass is 16.5. The Morgan fingerprint density at radius 1 is 0.556 bits per heavy atom. The Kier molecular flexibility index (Phi) is 20.4. The molecule has 0 amide bonds. The minimum absolute atomic E-state index is 0.386. The Morgan fingerprint density at radius 2 is 0.926 bits per heavy atom. The van der Waals surface area contributed by atoms with Crippen LogP contribution in [0.15, 0.2) is 48.6 Å². The van der Waals surface area contributed by atoms with Crippen LogP contribution >= 0.6 is 0 Å². The molecule has 0 saturated heterocycles. The molecule has 0 aliphatic heterocycles. The molecular weight excluding hydrogens is 328 g/mol. The molecule has 2 unspecified atom stereocenters. The van der Waals surface area contributed by atoms with Gasteiger partial charge in [0.2, 0.25) is 0 Å². The lowest BCUT2D eigenvalue weighted by Gasteiger charge is -2.19. The van der Waals surface area contributed by atoms with Gasteiger partial charge >= 0.3 is 0 Å². The highest BCUT2D eigenvalue weighted by molar-refractivity contribution is 5.02. The molecular formula is C26H46O. The van der Waals surface area contributed by atoms with E-state index in [-0.39, 0.29) is 0 Å². The highest BCUT2D eigenvalue weighted by Crippen LogP contribution is 2.13. The minimum Gasteiger partial charge on any atom is -0.376 e. The zero-order valence-corrected chi connectivity index (χ0v) is 18.7. The smallest absolute Gasteiger partial charge is 0.0550 e. The monoisotopic (exact) mass is 374 g/mol. The molecule has 0 fully saturated rings. The van der Waals surface area contributed by atoms with Crippen LogP contribution in [-0.4, -0.2) is 12.2 Å². The van der Waals surface area contributed by atoms with Crippen molar-refractivity contribution in [2.45, 2.75) is 117 Å². The average Bonchev–Trinajstić information content (AvgIpc) is 2.65. The molecule has 0 aromatic heterocycles. The molecule has 0 heterocycles. The fraction of sp³-hybridized carbons (Fsp3) is 0.692. The third kappa shape index (κ3) is 21.1. The second-order valence-electron chi connectivity index (χ2n) is 7.62. The van der Waals surface area contributed by atoms with Crippen LogP contribution < -0.4 is 0 Å². The minimum atomic E-state index is 0.386. The summed E-state index contributed by atoms with van der Waals surface area (Å²) in [6.07, 6.45) is 33.2. The maximum atomic E-state index is 6.14. The predicted octanol–water partition coefficient (Wildman–Crippen LogP) is 8.73. The van der Waals surface area contributed by atoms with E-state index >= 15 is 0 Å². The zero-order valence-electron chi connectivity index (χ0n) is 18.7. The van der Waals surface area contributed by atoms with Crippen molar-refractivity contribution in [2.24, 2.45) is 0 Å². The molecule has 156 valence electrons. The van der Waals surface area contributed by atoms with Gasteiger partial charge in [0, 0.05) is 0 Å². The largest absolute Gasteiger partial charge is 0.376 e. The van der Waals surface area contributed by atoms with Crippen LogP contribution in [0.25, 0.3) is 0 Å². The summed E-state index contributed by atoms with van der Waals surface area (Å²) in [5.41, 5.74) is 0. The van der Waals surface area contributed by atoms with E-state index in [0.717, 1.165) is 0 Å². The Labute approximate surface area is 170 Å². The van der Waals surface area contributed by atoms with Crippen molar-refractivity contribution in [3.05, 3.63) is 48.6 Å². The SMILES string of the molecule is CCCC=CC=CCCCCC(C)OC(C)CCCCC=CC=CCCC.